The Labute approximate surface area is 90.7 Å². The van der Waals surface area contributed by atoms with E-state index in [0.717, 1.165) is 17.7 Å². The lowest BCUT2D eigenvalue weighted by atomic mass is 9.86. The van der Waals surface area contributed by atoms with Crippen LogP contribution >= 0.6 is 0 Å². The first-order valence-corrected chi connectivity index (χ1v) is 5.68. The Hall–Kier alpha value is -0.890. The maximum Gasteiger partial charge on any atom is 0.126 e. The second kappa shape index (κ2) is 4.31. The van der Waals surface area contributed by atoms with E-state index in [9.17, 15) is 4.39 Å². The summed E-state index contributed by atoms with van der Waals surface area (Å²) in [6, 6.07) is 5.71. The molecule has 1 aromatic carbocycles. The smallest absolute Gasteiger partial charge is 0.126 e. The van der Waals surface area contributed by atoms with Gasteiger partial charge in [-0.1, -0.05) is 19.1 Å². The van der Waals surface area contributed by atoms with Crippen molar-refractivity contribution < 1.29 is 4.39 Å². The standard InChI is InChI=1S/C13H18FN/c1-9-5-4-8-15-13(9)11-6-3-7-12(14)10(11)2/h3,6-7,9,13,15H,4-5,8H2,1-2H3. The molecular weight excluding hydrogens is 189 g/mol. The summed E-state index contributed by atoms with van der Waals surface area (Å²) in [5.74, 6) is 0.506. The van der Waals surface area contributed by atoms with Crippen molar-refractivity contribution in [1.29, 1.82) is 0 Å². The molecule has 1 heterocycles. The van der Waals surface area contributed by atoms with Crippen molar-refractivity contribution >= 4 is 0 Å². The number of hydrogen-bond donors (Lipinski definition) is 1. The van der Waals surface area contributed by atoms with Crippen LogP contribution in [-0.4, -0.2) is 6.54 Å². The van der Waals surface area contributed by atoms with Gasteiger partial charge >= 0.3 is 0 Å². The highest BCUT2D eigenvalue weighted by Crippen LogP contribution is 2.31. The summed E-state index contributed by atoms with van der Waals surface area (Å²) in [6.07, 6.45) is 2.46. The zero-order valence-electron chi connectivity index (χ0n) is 9.39. The first kappa shape index (κ1) is 10.6. The van der Waals surface area contributed by atoms with Gasteiger partial charge in [-0.05, 0) is 49.4 Å². The summed E-state index contributed by atoms with van der Waals surface area (Å²) >= 11 is 0. The Kier molecular flexibility index (Phi) is 3.06. The van der Waals surface area contributed by atoms with Gasteiger partial charge in [0.15, 0.2) is 0 Å². The molecule has 0 saturated carbocycles. The van der Waals surface area contributed by atoms with Crippen molar-refractivity contribution in [2.45, 2.75) is 32.7 Å². The van der Waals surface area contributed by atoms with Crippen molar-refractivity contribution in [2.75, 3.05) is 6.54 Å². The van der Waals surface area contributed by atoms with Crippen LogP contribution in [0.15, 0.2) is 18.2 Å². The lowest BCUT2D eigenvalue weighted by Gasteiger charge is -2.31. The molecule has 0 aromatic heterocycles. The first-order chi connectivity index (χ1) is 7.20. The predicted molar refractivity (Wildman–Crippen MR) is 60.3 cm³/mol. The summed E-state index contributed by atoms with van der Waals surface area (Å²) in [5.41, 5.74) is 1.92. The molecule has 1 fully saturated rings. The topological polar surface area (TPSA) is 12.0 Å². The largest absolute Gasteiger partial charge is 0.310 e. The van der Waals surface area contributed by atoms with Crippen molar-refractivity contribution in [3.8, 4) is 0 Å². The van der Waals surface area contributed by atoms with Gasteiger partial charge in [-0.2, -0.15) is 0 Å². The van der Waals surface area contributed by atoms with Crippen LogP contribution in [0.3, 0.4) is 0 Å². The Morgan fingerprint density at radius 3 is 2.93 bits per heavy atom. The fraction of sp³-hybridized carbons (Fsp3) is 0.538. The average molecular weight is 207 g/mol. The van der Waals surface area contributed by atoms with Gasteiger partial charge in [-0.25, -0.2) is 4.39 Å². The highest BCUT2D eigenvalue weighted by atomic mass is 19.1. The van der Waals surface area contributed by atoms with E-state index in [-0.39, 0.29) is 5.82 Å². The molecule has 82 valence electrons. The molecule has 2 rings (SSSR count). The Balaban J connectivity index is 2.31. The minimum absolute atomic E-state index is 0.0907. The molecular formula is C13H18FN. The minimum atomic E-state index is -0.0907. The Morgan fingerprint density at radius 1 is 1.40 bits per heavy atom. The Bertz CT molecular complexity index is 348. The van der Waals surface area contributed by atoms with Crippen LogP contribution < -0.4 is 5.32 Å². The quantitative estimate of drug-likeness (QED) is 0.745. The number of piperidine rings is 1. The predicted octanol–water partition coefficient (Wildman–Crippen LogP) is 3.19. The second-order valence-corrected chi connectivity index (χ2v) is 4.51. The fourth-order valence-electron chi connectivity index (χ4n) is 2.43. The van der Waals surface area contributed by atoms with Crippen LogP contribution in [0.25, 0.3) is 0 Å². The molecule has 2 heteroatoms. The van der Waals surface area contributed by atoms with E-state index in [1.54, 1.807) is 6.07 Å². The summed E-state index contributed by atoms with van der Waals surface area (Å²) in [6.45, 7) is 5.15. The van der Waals surface area contributed by atoms with E-state index in [0.29, 0.717) is 12.0 Å². The third kappa shape index (κ3) is 2.05. The fourth-order valence-corrected chi connectivity index (χ4v) is 2.43. The van der Waals surface area contributed by atoms with E-state index < -0.39 is 0 Å². The number of halogens is 1. The lowest BCUT2D eigenvalue weighted by Crippen LogP contribution is -2.33. The van der Waals surface area contributed by atoms with Gasteiger partial charge in [0.25, 0.3) is 0 Å². The molecule has 0 spiro atoms. The highest BCUT2D eigenvalue weighted by molar-refractivity contribution is 5.30. The van der Waals surface area contributed by atoms with Gasteiger partial charge in [0.2, 0.25) is 0 Å². The van der Waals surface area contributed by atoms with Crippen molar-refractivity contribution in [2.24, 2.45) is 5.92 Å². The Morgan fingerprint density at radius 2 is 2.20 bits per heavy atom. The minimum Gasteiger partial charge on any atom is -0.310 e. The zero-order chi connectivity index (χ0) is 10.8. The van der Waals surface area contributed by atoms with E-state index in [4.69, 9.17) is 0 Å². The molecule has 1 aliphatic heterocycles. The van der Waals surface area contributed by atoms with E-state index in [1.165, 1.54) is 18.9 Å². The van der Waals surface area contributed by atoms with E-state index in [2.05, 4.69) is 12.2 Å². The molecule has 0 radical (unpaired) electrons. The van der Waals surface area contributed by atoms with E-state index >= 15 is 0 Å². The normalized spacial score (nSPS) is 26.6. The highest BCUT2D eigenvalue weighted by Gasteiger charge is 2.24. The molecule has 0 aliphatic carbocycles. The second-order valence-electron chi connectivity index (χ2n) is 4.51. The van der Waals surface area contributed by atoms with E-state index in [1.807, 2.05) is 13.0 Å². The summed E-state index contributed by atoms with van der Waals surface area (Å²) < 4.78 is 13.4. The van der Waals surface area contributed by atoms with Gasteiger partial charge in [0, 0.05) is 6.04 Å². The number of nitrogens with one attached hydrogen (secondary N) is 1. The van der Waals surface area contributed by atoms with Crippen molar-refractivity contribution in [3.63, 3.8) is 0 Å². The van der Waals surface area contributed by atoms with Crippen molar-refractivity contribution in [1.82, 2.24) is 5.32 Å². The molecule has 15 heavy (non-hydrogen) atoms. The average Bonchev–Trinajstić information content (AvgIpc) is 2.23. The molecule has 1 N–H and O–H groups in total. The van der Waals surface area contributed by atoms with Crippen LogP contribution in [0, 0.1) is 18.7 Å². The number of rotatable bonds is 1. The van der Waals surface area contributed by atoms with Gasteiger partial charge in [0.1, 0.15) is 5.82 Å². The van der Waals surface area contributed by atoms with Gasteiger partial charge in [0.05, 0.1) is 0 Å². The lowest BCUT2D eigenvalue weighted by molar-refractivity contribution is 0.304. The van der Waals surface area contributed by atoms with Gasteiger partial charge < -0.3 is 5.32 Å². The molecule has 1 nitrogen and oxygen atoms in total. The van der Waals surface area contributed by atoms with Gasteiger partial charge in [-0.15, -0.1) is 0 Å². The maximum atomic E-state index is 13.4. The SMILES string of the molecule is Cc1c(F)cccc1C1NCCCC1C. The van der Waals surface area contributed by atoms with Crippen LogP contribution in [0.5, 0.6) is 0 Å². The first-order valence-electron chi connectivity index (χ1n) is 5.68. The summed E-state index contributed by atoms with van der Waals surface area (Å²) in [7, 11) is 0. The molecule has 1 aliphatic rings. The number of hydrogen-bond acceptors (Lipinski definition) is 1. The molecule has 1 saturated heterocycles. The molecule has 2 unspecified atom stereocenters. The van der Waals surface area contributed by atoms with Crippen LogP contribution in [0.1, 0.15) is 36.9 Å². The monoisotopic (exact) mass is 207 g/mol. The summed E-state index contributed by atoms with van der Waals surface area (Å²) in [4.78, 5) is 0. The molecule has 2 atom stereocenters. The van der Waals surface area contributed by atoms with Crippen molar-refractivity contribution in [3.05, 3.63) is 35.1 Å². The van der Waals surface area contributed by atoms with Crippen LogP contribution in [0.2, 0.25) is 0 Å². The van der Waals surface area contributed by atoms with Gasteiger partial charge in [-0.3, -0.25) is 0 Å². The molecule has 0 amide bonds. The zero-order valence-corrected chi connectivity index (χ0v) is 9.39. The summed E-state index contributed by atoms with van der Waals surface area (Å²) in [5, 5.41) is 3.49. The third-order valence-electron chi connectivity index (χ3n) is 3.41. The molecule has 0 bridgehead atoms. The number of benzene rings is 1. The van der Waals surface area contributed by atoms with Crippen LogP contribution in [-0.2, 0) is 0 Å². The molecule has 1 aromatic rings. The maximum absolute atomic E-state index is 13.4. The van der Waals surface area contributed by atoms with Crippen LogP contribution in [0.4, 0.5) is 4.39 Å². The third-order valence-corrected chi connectivity index (χ3v) is 3.41.